The Labute approximate surface area is 177 Å². The average Bonchev–Trinajstić information content (AvgIpc) is 3.25. The SMILES string of the molecule is COC(=O)c1ccccc1-n1ncc(NCC(c2cccs2)N(C)C)c(Cl)c1=O. The van der Waals surface area contributed by atoms with E-state index in [1.54, 1.807) is 35.6 Å². The second-order valence-electron chi connectivity index (χ2n) is 6.47. The van der Waals surface area contributed by atoms with E-state index in [-0.39, 0.29) is 16.6 Å². The predicted octanol–water partition coefficient (Wildman–Crippen LogP) is 3.45. The van der Waals surface area contributed by atoms with Gasteiger partial charge in [0, 0.05) is 11.4 Å². The van der Waals surface area contributed by atoms with Crippen LogP contribution in [0.1, 0.15) is 21.3 Å². The van der Waals surface area contributed by atoms with E-state index in [4.69, 9.17) is 16.3 Å². The van der Waals surface area contributed by atoms with Crippen LogP contribution in [0.3, 0.4) is 0 Å². The van der Waals surface area contributed by atoms with Crippen LogP contribution in [0.15, 0.2) is 52.8 Å². The number of rotatable bonds is 7. The quantitative estimate of drug-likeness (QED) is 0.576. The Morgan fingerprint density at radius 3 is 2.72 bits per heavy atom. The van der Waals surface area contributed by atoms with Crippen LogP contribution >= 0.6 is 22.9 Å². The maximum absolute atomic E-state index is 12.8. The number of methoxy groups -OCH3 is 1. The molecular weight excluding hydrogens is 412 g/mol. The first-order valence-corrected chi connectivity index (χ1v) is 10.1. The number of carbonyl (C=O) groups excluding carboxylic acids is 1. The number of benzene rings is 1. The van der Waals surface area contributed by atoms with Crippen molar-refractivity contribution in [3.63, 3.8) is 0 Å². The Balaban J connectivity index is 1.89. The van der Waals surface area contributed by atoms with Crippen LogP contribution in [-0.2, 0) is 4.74 Å². The second-order valence-corrected chi connectivity index (χ2v) is 7.83. The molecule has 7 nitrogen and oxygen atoms in total. The zero-order valence-corrected chi connectivity index (χ0v) is 17.8. The molecule has 0 amide bonds. The molecule has 0 saturated carbocycles. The van der Waals surface area contributed by atoms with Crippen LogP contribution < -0.4 is 10.9 Å². The van der Waals surface area contributed by atoms with E-state index < -0.39 is 11.5 Å². The zero-order valence-electron chi connectivity index (χ0n) is 16.3. The predicted molar refractivity (Wildman–Crippen MR) is 115 cm³/mol. The summed E-state index contributed by atoms with van der Waals surface area (Å²) in [6.45, 7) is 0.553. The lowest BCUT2D eigenvalue weighted by Crippen LogP contribution is -2.28. The summed E-state index contributed by atoms with van der Waals surface area (Å²) in [6.07, 6.45) is 1.49. The largest absolute Gasteiger partial charge is 0.465 e. The van der Waals surface area contributed by atoms with Crippen molar-refractivity contribution in [3.05, 3.63) is 73.8 Å². The standard InChI is InChI=1S/C20H21ClN4O3S/c1-24(2)16(17-9-6-10-29-17)12-22-14-11-23-25(19(26)18(14)21)15-8-5-4-7-13(15)20(27)28-3/h4-11,16,22H,12H2,1-3H3. The third kappa shape index (κ3) is 4.50. The van der Waals surface area contributed by atoms with Crippen molar-refractivity contribution in [3.8, 4) is 5.69 Å². The fourth-order valence-corrected chi connectivity index (χ4v) is 4.01. The molecule has 0 aliphatic carbocycles. The first-order valence-electron chi connectivity index (χ1n) is 8.83. The minimum Gasteiger partial charge on any atom is -0.465 e. The summed E-state index contributed by atoms with van der Waals surface area (Å²) < 4.78 is 5.88. The van der Waals surface area contributed by atoms with Gasteiger partial charge >= 0.3 is 5.97 Å². The number of nitrogens with zero attached hydrogens (tertiary/aromatic N) is 3. The highest BCUT2D eigenvalue weighted by Crippen LogP contribution is 2.25. The van der Waals surface area contributed by atoms with E-state index in [9.17, 15) is 9.59 Å². The van der Waals surface area contributed by atoms with Gasteiger partial charge in [0.2, 0.25) is 0 Å². The van der Waals surface area contributed by atoms with Gasteiger partial charge in [-0.1, -0.05) is 29.8 Å². The number of carbonyl (C=O) groups is 1. The molecule has 0 saturated heterocycles. The fourth-order valence-electron chi connectivity index (χ4n) is 2.89. The number of anilines is 1. The molecule has 2 heterocycles. The van der Waals surface area contributed by atoms with Crippen molar-refractivity contribution in [2.45, 2.75) is 6.04 Å². The molecule has 1 N–H and O–H groups in total. The highest BCUT2D eigenvalue weighted by atomic mass is 35.5. The van der Waals surface area contributed by atoms with Crippen molar-refractivity contribution < 1.29 is 9.53 Å². The molecule has 9 heteroatoms. The summed E-state index contributed by atoms with van der Waals surface area (Å²) in [5.74, 6) is -0.558. The van der Waals surface area contributed by atoms with Gasteiger partial charge in [0.1, 0.15) is 5.02 Å². The first-order chi connectivity index (χ1) is 13.9. The van der Waals surface area contributed by atoms with Gasteiger partial charge in [-0.15, -0.1) is 11.3 Å². The summed E-state index contributed by atoms with van der Waals surface area (Å²) >= 11 is 8.01. The smallest absolute Gasteiger partial charge is 0.340 e. The molecule has 152 valence electrons. The number of para-hydroxylation sites is 1. The highest BCUT2D eigenvalue weighted by molar-refractivity contribution is 7.10. The van der Waals surface area contributed by atoms with Crippen molar-refractivity contribution >= 4 is 34.6 Å². The summed E-state index contributed by atoms with van der Waals surface area (Å²) in [4.78, 5) is 28.1. The molecule has 2 aromatic heterocycles. The third-order valence-electron chi connectivity index (χ3n) is 4.44. The number of thiophene rings is 1. The lowest BCUT2D eigenvalue weighted by molar-refractivity contribution is 0.0600. The van der Waals surface area contributed by atoms with Gasteiger partial charge in [0.05, 0.1) is 36.3 Å². The van der Waals surface area contributed by atoms with Crippen molar-refractivity contribution in [1.29, 1.82) is 0 Å². The Morgan fingerprint density at radius 2 is 2.07 bits per heavy atom. The lowest BCUT2D eigenvalue weighted by Gasteiger charge is -2.24. The number of hydrogen-bond acceptors (Lipinski definition) is 7. The van der Waals surface area contributed by atoms with E-state index in [1.165, 1.54) is 18.2 Å². The number of halogens is 1. The van der Waals surface area contributed by atoms with E-state index in [2.05, 4.69) is 21.4 Å². The summed E-state index contributed by atoms with van der Waals surface area (Å²) in [7, 11) is 5.27. The van der Waals surface area contributed by atoms with E-state index >= 15 is 0 Å². The monoisotopic (exact) mass is 432 g/mol. The fraction of sp³-hybridized carbons (Fsp3) is 0.250. The minimum absolute atomic E-state index is 0.00311. The van der Waals surface area contributed by atoms with Gasteiger partial charge in [-0.3, -0.25) is 4.79 Å². The maximum atomic E-state index is 12.8. The number of hydrogen-bond donors (Lipinski definition) is 1. The van der Waals surface area contributed by atoms with Crippen LogP contribution in [0.2, 0.25) is 5.02 Å². The molecule has 0 aliphatic heterocycles. The molecule has 3 aromatic rings. The molecule has 0 aliphatic rings. The summed E-state index contributed by atoms with van der Waals surface area (Å²) in [6, 6.07) is 10.8. The van der Waals surface area contributed by atoms with Crippen LogP contribution in [0, 0.1) is 0 Å². The molecular formula is C20H21ClN4O3S. The number of aromatic nitrogens is 2. The minimum atomic E-state index is -0.558. The van der Waals surface area contributed by atoms with Crippen LogP contribution in [0.4, 0.5) is 5.69 Å². The number of likely N-dealkylation sites (N-methyl/N-ethyl adjacent to an activating group) is 1. The second kappa shape index (κ2) is 9.21. The number of esters is 1. The van der Waals surface area contributed by atoms with Gasteiger partial charge in [0.15, 0.2) is 0 Å². The topological polar surface area (TPSA) is 76.5 Å². The Bertz CT molecular complexity index is 1050. The van der Waals surface area contributed by atoms with Gasteiger partial charge < -0.3 is 15.0 Å². The highest BCUT2D eigenvalue weighted by Gasteiger charge is 2.19. The number of nitrogens with one attached hydrogen (secondary N) is 1. The zero-order chi connectivity index (χ0) is 21.0. The first kappa shape index (κ1) is 21.0. The molecule has 0 radical (unpaired) electrons. The lowest BCUT2D eigenvalue weighted by atomic mass is 10.2. The Hall–Kier alpha value is -2.68. The molecule has 0 bridgehead atoms. The van der Waals surface area contributed by atoms with Gasteiger partial charge in [0.25, 0.3) is 5.56 Å². The van der Waals surface area contributed by atoms with Gasteiger partial charge in [-0.05, 0) is 37.7 Å². The summed E-state index contributed by atoms with van der Waals surface area (Å²) in [5, 5.41) is 9.46. The van der Waals surface area contributed by atoms with Crippen molar-refractivity contribution in [2.75, 3.05) is 33.1 Å². The molecule has 0 spiro atoms. The van der Waals surface area contributed by atoms with E-state index in [0.717, 1.165) is 4.68 Å². The molecule has 3 rings (SSSR count). The normalized spacial score (nSPS) is 12.0. The van der Waals surface area contributed by atoms with Crippen LogP contribution in [0.5, 0.6) is 0 Å². The van der Waals surface area contributed by atoms with Crippen molar-refractivity contribution in [1.82, 2.24) is 14.7 Å². The Morgan fingerprint density at radius 1 is 1.31 bits per heavy atom. The molecule has 1 aromatic carbocycles. The molecule has 1 atom stereocenters. The Kier molecular flexibility index (Phi) is 6.68. The van der Waals surface area contributed by atoms with Gasteiger partial charge in [-0.25, -0.2) is 4.79 Å². The van der Waals surface area contributed by atoms with Crippen LogP contribution in [0.25, 0.3) is 5.69 Å². The summed E-state index contributed by atoms with van der Waals surface area (Å²) in [5.41, 5.74) is 0.451. The van der Waals surface area contributed by atoms with Crippen molar-refractivity contribution in [2.24, 2.45) is 0 Å². The molecule has 1 unspecified atom stereocenters. The molecule has 0 fully saturated rings. The third-order valence-corrected chi connectivity index (χ3v) is 5.78. The van der Waals surface area contributed by atoms with Crippen LogP contribution in [-0.4, -0.2) is 48.4 Å². The molecule has 29 heavy (non-hydrogen) atoms. The van der Waals surface area contributed by atoms with Gasteiger partial charge in [-0.2, -0.15) is 9.78 Å². The van der Waals surface area contributed by atoms with E-state index in [1.807, 2.05) is 25.5 Å². The maximum Gasteiger partial charge on any atom is 0.340 e. The van der Waals surface area contributed by atoms with E-state index in [0.29, 0.717) is 17.9 Å². The average molecular weight is 433 g/mol. The number of ether oxygens (including phenoxy) is 1.